The Kier molecular flexibility index (Phi) is 4.26. The van der Waals surface area contributed by atoms with E-state index in [-0.39, 0.29) is 0 Å². The molecule has 2 aromatic rings. The van der Waals surface area contributed by atoms with Crippen molar-refractivity contribution in [2.24, 2.45) is 5.92 Å². The van der Waals surface area contributed by atoms with E-state index in [1.165, 1.54) is 30.4 Å². The summed E-state index contributed by atoms with van der Waals surface area (Å²) >= 11 is 3.95. The molecule has 0 aromatic heterocycles. The zero-order chi connectivity index (χ0) is 13.9. The Balaban J connectivity index is 1.76. The lowest BCUT2D eigenvalue weighted by molar-refractivity contribution is 0.453. The summed E-state index contributed by atoms with van der Waals surface area (Å²) in [6, 6.07) is 18.0. The Labute approximate surface area is 130 Å². The minimum absolute atomic E-state index is 0.474. The van der Waals surface area contributed by atoms with E-state index < -0.39 is 0 Å². The predicted octanol–water partition coefficient (Wildman–Crippen LogP) is 5.49. The van der Waals surface area contributed by atoms with Crippen LogP contribution in [0.15, 0.2) is 48.5 Å². The molecule has 2 atom stereocenters. The summed E-state index contributed by atoms with van der Waals surface area (Å²) in [6.07, 6.45) is 4.81. The first kappa shape index (κ1) is 13.9. The van der Waals surface area contributed by atoms with Gasteiger partial charge in [-0.05, 0) is 53.9 Å². The molecule has 1 aliphatic carbocycles. The second-order valence-corrected chi connectivity index (χ2v) is 6.75. The van der Waals surface area contributed by atoms with Gasteiger partial charge in [0.05, 0.1) is 0 Å². The van der Waals surface area contributed by atoms with Gasteiger partial charge in [0.25, 0.3) is 0 Å². The van der Waals surface area contributed by atoms with Gasteiger partial charge >= 0.3 is 0 Å². The SMILES string of the molecule is CCc1ccc(C(Br)C2CCc3ccccc3C2)cc1. The highest BCUT2D eigenvalue weighted by molar-refractivity contribution is 9.09. The number of hydrogen-bond acceptors (Lipinski definition) is 0. The molecule has 0 saturated heterocycles. The Hall–Kier alpha value is -1.08. The molecule has 2 aromatic carbocycles. The molecule has 104 valence electrons. The van der Waals surface area contributed by atoms with Gasteiger partial charge in [-0.25, -0.2) is 0 Å². The summed E-state index contributed by atoms with van der Waals surface area (Å²) in [5.41, 5.74) is 5.93. The van der Waals surface area contributed by atoms with Crippen LogP contribution in [0.25, 0.3) is 0 Å². The number of benzene rings is 2. The maximum atomic E-state index is 3.95. The van der Waals surface area contributed by atoms with Gasteiger partial charge in [-0.15, -0.1) is 0 Å². The molecular weight excluding hydrogens is 308 g/mol. The molecule has 0 N–H and O–H groups in total. The molecule has 20 heavy (non-hydrogen) atoms. The van der Waals surface area contributed by atoms with Crippen molar-refractivity contribution in [3.05, 3.63) is 70.8 Å². The van der Waals surface area contributed by atoms with Gasteiger partial charge in [0, 0.05) is 4.83 Å². The lowest BCUT2D eigenvalue weighted by atomic mass is 9.81. The minimum Gasteiger partial charge on any atom is -0.0836 e. The van der Waals surface area contributed by atoms with Crippen LogP contribution in [0.4, 0.5) is 0 Å². The summed E-state index contributed by atoms with van der Waals surface area (Å²) in [4.78, 5) is 0.474. The predicted molar refractivity (Wildman–Crippen MR) is 89.4 cm³/mol. The molecule has 1 aliphatic rings. The van der Waals surface area contributed by atoms with E-state index in [0.717, 1.165) is 6.42 Å². The van der Waals surface area contributed by atoms with Gasteiger partial charge in [0.1, 0.15) is 0 Å². The van der Waals surface area contributed by atoms with Crippen LogP contribution in [0.3, 0.4) is 0 Å². The Morgan fingerprint density at radius 2 is 1.75 bits per heavy atom. The average Bonchev–Trinajstić information content (AvgIpc) is 2.54. The molecule has 0 amide bonds. The quantitative estimate of drug-likeness (QED) is 0.653. The number of halogens is 1. The van der Waals surface area contributed by atoms with Crippen LogP contribution in [0.5, 0.6) is 0 Å². The van der Waals surface area contributed by atoms with Crippen LogP contribution in [0.1, 0.15) is 40.4 Å². The molecule has 0 bridgehead atoms. The molecular formula is C19H21Br. The Morgan fingerprint density at radius 3 is 2.45 bits per heavy atom. The van der Waals surface area contributed by atoms with Crippen molar-refractivity contribution in [3.63, 3.8) is 0 Å². The van der Waals surface area contributed by atoms with Crippen molar-refractivity contribution in [1.29, 1.82) is 0 Å². The van der Waals surface area contributed by atoms with Gasteiger partial charge in [-0.3, -0.25) is 0 Å². The fraction of sp³-hybridized carbons (Fsp3) is 0.368. The second kappa shape index (κ2) is 6.13. The second-order valence-electron chi connectivity index (χ2n) is 5.77. The average molecular weight is 329 g/mol. The van der Waals surface area contributed by atoms with Crippen molar-refractivity contribution < 1.29 is 0 Å². The van der Waals surface area contributed by atoms with Gasteiger partial charge in [-0.1, -0.05) is 71.4 Å². The van der Waals surface area contributed by atoms with Crippen LogP contribution < -0.4 is 0 Å². The fourth-order valence-corrected chi connectivity index (χ4v) is 3.94. The van der Waals surface area contributed by atoms with E-state index in [9.17, 15) is 0 Å². The third-order valence-corrected chi connectivity index (χ3v) is 5.78. The summed E-state index contributed by atoms with van der Waals surface area (Å²) < 4.78 is 0. The third kappa shape index (κ3) is 2.83. The lowest BCUT2D eigenvalue weighted by Crippen LogP contribution is -2.18. The molecule has 0 heterocycles. The Morgan fingerprint density at radius 1 is 1.05 bits per heavy atom. The minimum atomic E-state index is 0.474. The molecule has 0 aliphatic heterocycles. The molecule has 3 rings (SSSR count). The molecule has 0 spiro atoms. The van der Waals surface area contributed by atoms with E-state index in [2.05, 4.69) is 71.4 Å². The van der Waals surface area contributed by atoms with E-state index >= 15 is 0 Å². The van der Waals surface area contributed by atoms with E-state index in [1.54, 1.807) is 11.1 Å². The van der Waals surface area contributed by atoms with Crippen LogP contribution in [0.2, 0.25) is 0 Å². The fourth-order valence-electron chi connectivity index (χ4n) is 3.19. The van der Waals surface area contributed by atoms with Crippen molar-refractivity contribution >= 4 is 15.9 Å². The van der Waals surface area contributed by atoms with Crippen molar-refractivity contribution in [3.8, 4) is 0 Å². The standard InChI is InChI=1S/C19H21Br/c1-2-14-7-9-16(10-8-14)19(20)18-12-11-15-5-3-4-6-17(15)13-18/h3-10,18-19H,2,11-13H2,1H3. The van der Waals surface area contributed by atoms with Crippen LogP contribution in [0, 0.1) is 5.92 Å². The topological polar surface area (TPSA) is 0 Å². The maximum absolute atomic E-state index is 3.95. The first-order valence-corrected chi connectivity index (χ1v) is 8.49. The molecule has 0 nitrogen and oxygen atoms in total. The number of alkyl halides is 1. The van der Waals surface area contributed by atoms with Crippen LogP contribution in [-0.4, -0.2) is 0 Å². The van der Waals surface area contributed by atoms with Gasteiger partial charge < -0.3 is 0 Å². The van der Waals surface area contributed by atoms with Crippen molar-refractivity contribution in [2.45, 2.75) is 37.4 Å². The number of rotatable bonds is 3. The number of aryl methyl sites for hydroxylation is 2. The molecule has 0 saturated carbocycles. The highest BCUT2D eigenvalue weighted by atomic mass is 79.9. The third-order valence-electron chi connectivity index (χ3n) is 4.51. The van der Waals surface area contributed by atoms with Gasteiger partial charge in [-0.2, -0.15) is 0 Å². The van der Waals surface area contributed by atoms with Gasteiger partial charge in [0.2, 0.25) is 0 Å². The molecule has 0 fully saturated rings. The number of hydrogen-bond donors (Lipinski definition) is 0. The van der Waals surface area contributed by atoms with E-state index in [4.69, 9.17) is 0 Å². The smallest absolute Gasteiger partial charge is 0.0426 e. The van der Waals surface area contributed by atoms with E-state index in [0.29, 0.717) is 10.7 Å². The summed E-state index contributed by atoms with van der Waals surface area (Å²) in [6.45, 7) is 2.21. The lowest BCUT2D eigenvalue weighted by Gasteiger charge is -2.28. The molecule has 1 heteroatoms. The normalized spacial score (nSPS) is 19.4. The van der Waals surface area contributed by atoms with Gasteiger partial charge in [0.15, 0.2) is 0 Å². The van der Waals surface area contributed by atoms with Crippen LogP contribution >= 0.6 is 15.9 Å². The zero-order valence-electron chi connectivity index (χ0n) is 12.0. The highest BCUT2D eigenvalue weighted by Crippen LogP contribution is 2.39. The summed E-state index contributed by atoms with van der Waals surface area (Å²) in [5.74, 6) is 0.706. The first-order valence-electron chi connectivity index (χ1n) is 7.57. The number of fused-ring (bicyclic) bond motifs is 1. The van der Waals surface area contributed by atoms with Crippen LogP contribution in [-0.2, 0) is 19.3 Å². The monoisotopic (exact) mass is 328 g/mol. The molecule has 0 radical (unpaired) electrons. The first-order chi connectivity index (χ1) is 9.78. The summed E-state index contributed by atoms with van der Waals surface area (Å²) in [7, 11) is 0. The van der Waals surface area contributed by atoms with Crippen molar-refractivity contribution in [2.75, 3.05) is 0 Å². The zero-order valence-corrected chi connectivity index (χ0v) is 13.6. The highest BCUT2D eigenvalue weighted by Gasteiger charge is 2.25. The van der Waals surface area contributed by atoms with E-state index in [1.807, 2.05) is 0 Å². The summed E-state index contributed by atoms with van der Waals surface area (Å²) in [5, 5.41) is 0. The Bertz CT molecular complexity index is 571. The molecule has 2 unspecified atom stereocenters. The van der Waals surface area contributed by atoms with Crippen molar-refractivity contribution in [1.82, 2.24) is 0 Å². The maximum Gasteiger partial charge on any atom is 0.0426 e. The largest absolute Gasteiger partial charge is 0.0836 e.